The maximum Gasteiger partial charge on any atom is 0.168 e. The summed E-state index contributed by atoms with van der Waals surface area (Å²) in [7, 11) is 0. The topological polar surface area (TPSA) is 42.9 Å². The molecule has 1 aromatic heterocycles. The van der Waals surface area contributed by atoms with Gasteiger partial charge in [0.05, 0.1) is 12.1 Å². The summed E-state index contributed by atoms with van der Waals surface area (Å²) >= 11 is 0. The van der Waals surface area contributed by atoms with Crippen molar-refractivity contribution in [1.29, 1.82) is 0 Å². The van der Waals surface area contributed by atoms with Crippen molar-refractivity contribution in [2.24, 2.45) is 0 Å². The molecular formula is C14H14N2O. The van der Waals surface area contributed by atoms with E-state index in [0.29, 0.717) is 6.42 Å². The van der Waals surface area contributed by atoms with Crippen LogP contribution in [0.15, 0.2) is 42.7 Å². The van der Waals surface area contributed by atoms with Gasteiger partial charge in [0.15, 0.2) is 5.78 Å². The Labute approximate surface area is 101 Å². The van der Waals surface area contributed by atoms with Crippen molar-refractivity contribution < 1.29 is 4.79 Å². The van der Waals surface area contributed by atoms with E-state index in [-0.39, 0.29) is 5.78 Å². The van der Waals surface area contributed by atoms with Gasteiger partial charge in [-0.25, -0.2) is 9.97 Å². The molecule has 0 amide bonds. The predicted molar refractivity (Wildman–Crippen MR) is 65.9 cm³/mol. The smallest absolute Gasteiger partial charge is 0.168 e. The molecule has 0 atom stereocenters. The van der Waals surface area contributed by atoms with Gasteiger partial charge in [0.1, 0.15) is 6.33 Å². The molecule has 0 saturated heterocycles. The van der Waals surface area contributed by atoms with Crippen LogP contribution in [0.25, 0.3) is 0 Å². The van der Waals surface area contributed by atoms with E-state index in [1.54, 1.807) is 0 Å². The molecule has 0 unspecified atom stereocenters. The van der Waals surface area contributed by atoms with Crippen LogP contribution in [0.3, 0.4) is 0 Å². The van der Waals surface area contributed by atoms with E-state index < -0.39 is 0 Å². The molecule has 0 aliphatic carbocycles. The number of benzene rings is 1. The molecule has 86 valence electrons. The maximum absolute atomic E-state index is 12.0. The molecule has 0 N–H and O–H groups in total. The summed E-state index contributed by atoms with van der Waals surface area (Å²) < 4.78 is 0. The first-order valence-electron chi connectivity index (χ1n) is 5.67. The lowest BCUT2D eigenvalue weighted by molar-refractivity contribution is 0.0992. The van der Waals surface area contributed by atoms with Crippen LogP contribution in [-0.4, -0.2) is 15.8 Å². The number of carbonyl (C=O) groups is 1. The highest BCUT2D eigenvalue weighted by molar-refractivity contribution is 5.97. The van der Waals surface area contributed by atoms with Crippen LogP contribution in [0.2, 0.25) is 0 Å². The summed E-state index contributed by atoms with van der Waals surface area (Å²) in [5.41, 5.74) is 2.48. The Balaban J connectivity index is 2.13. The van der Waals surface area contributed by atoms with E-state index in [1.807, 2.05) is 43.3 Å². The third-order valence-electron chi connectivity index (χ3n) is 2.58. The van der Waals surface area contributed by atoms with E-state index in [9.17, 15) is 4.79 Å². The van der Waals surface area contributed by atoms with Crippen molar-refractivity contribution in [3.63, 3.8) is 0 Å². The molecule has 0 aliphatic rings. The summed E-state index contributed by atoms with van der Waals surface area (Å²) in [6.45, 7) is 2.03. The Morgan fingerprint density at radius 2 is 1.82 bits per heavy atom. The van der Waals surface area contributed by atoms with Crippen LogP contribution < -0.4 is 0 Å². The number of carbonyl (C=O) groups excluding carboxylic acids is 1. The first kappa shape index (κ1) is 11.5. The predicted octanol–water partition coefficient (Wildman–Crippen LogP) is 2.46. The zero-order valence-electron chi connectivity index (χ0n) is 9.76. The van der Waals surface area contributed by atoms with Crippen molar-refractivity contribution >= 4 is 5.78 Å². The van der Waals surface area contributed by atoms with Gasteiger partial charge < -0.3 is 0 Å². The minimum absolute atomic E-state index is 0.0892. The average Bonchev–Trinajstić information content (AvgIpc) is 2.40. The number of ketones is 1. The lowest BCUT2D eigenvalue weighted by Crippen LogP contribution is -2.06. The SMILES string of the molecule is CCc1cc(CC(=O)c2ccccc2)ncn1. The molecule has 3 heteroatoms. The minimum atomic E-state index is 0.0892. The average molecular weight is 226 g/mol. The van der Waals surface area contributed by atoms with Crippen LogP contribution >= 0.6 is 0 Å². The molecule has 0 radical (unpaired) electrons. The molecule has 3 nitrogen and oxygen atoms in total. The molecule has 0 aliphatic heterocycles. The van der Waals surface area contributed by atoms with Crippen LogP contribution in [0.1, 0.15) is 28.7 Å². The van der Waals surface area contributed by atoms with Gasteiger partial charge in [-0.2, -0.15) is 0 Å². The normalized spacial score (nSPS) is 10.2. The third-order valence-corrected chi connectivity index (χ3v) is 2.58. The fraction of sp³-hybridized carbons (Fsp3) is 0.214. The molecular weight excluding hydrogens is 212 g/mol. The molecule has 2 rings (SSSR count). The Morgan fingerprint density at radius 1 is 1.12 bits per heavy atom. The van der Waals surface area contributed by atoms with E-state index in [1.165, 1.54) is 6.33 Å². The molecule has 0 spiro atoms. The number of nitrogens with zero attached hydrogens (tertiary/aromatic N) is 2. The summed E-state index contributed by atoms with van der Waals surface area (Å²) in [4.78, 5) is 20.2. The number of Topliss-reactive ketones (excluding diaryl/α,β-unsaturated/α-hetero) is 1. The monoisotopic (exact) mass is 226 g/mol. The quantitative estimate of drug-likeness (QED) is 0.752. The number of aromatic nitrogens is 2. The third kappa shape index (κ3) is 2.97. The maximum atomic E-state index is 12.0. The number of hydrogen-bond acceptors (Lipinski definition) is 3. The first-order valence-corrected chi connectivity index (χ1v) is 5.67. The Kier molecular flexibility index (Phi) is 3.60. The highest BCUT2D eigenvalue weighted by Crippen LogP contribution is 2.06. The fourth-order valence-electron chi connectivity index (χ4n) is 1.62. The highest BCUT2D eigenvalue weighted by Gasteiger charge is 2.07. The van der Waals surface area contributed by atoms with Crippen LogP contribution in [0.4, 0.5) is 0 Å². The van der Waals surface area contributed by atoms with Crippen molar-refractivity contribution in [3.8, 4) is 0 Å². The van der Waals surface area contributed by atoms with Crippen molar-refractivity contribution in [2.75, 3.05) is 0 Å². The van der Waals surface area contributed by atoms with Gasteiger partial charge in [0, 0.05) is 11.3 Å². The van der Waals surface area contributed by atoms with Gasteiger partial charge in [-0.05, 0) is 12.5 Å². The lowest BCUT2D eigenvalue weighted by atomic mass is 10.1. The van der Waals surface area contributed by atoms with E-state index >= 15 is 0 Å². The molecule has 0 saturated carbocycles. The van der Waals surface area contributed by atoms with Crippen molar-refractivity contribution in [3.05, 3.63) is 59.7 Å². The minimum Gasteiger partial charge on any atom is -0.294 e. The summed E-state index contributed by atoms with van der Waals surface area (Å²) in [6.07, 6.45) is 2.71. The van der Waals surface area contributed by atoms with Gasteiger partial charge in [-0.1, -0.05) is 37.3 Å². The van der Waals surface area contributed by atoms with Crippen molar-refractivity contribution in [1.82, 2.24) is 9.97 Å². The summed E-state index contributed by atoms with van der Waals surface area (Å²) in [5.74, 6) is 0.0892. The van der Waals surface area contributed by atoms with Gasteiger partial charge in [-0.15, -0.1) is 0 Å². The molecule has 1 aromatic carbocycles. The highest BCUT2D eigenvalue weighted by atomic mass is 16.1. The van der Waals surface area contributed by atoms with E-state index in [2.05, 4.69) is 9.97 Å². The summed E-state index contributed by atoms with van der Waals surface area (Å²) in [6, 6.07) is 11.2. The number of rotatable bonds is 4. The second-order valence-corrected chi connectivity index (χ2v) is 3.82. The molecule has 0 bridgehead atoms. The second-order valence-electron chi connectivity index (χ2n) is 3.82. The Morgan fingerprint density at radius 3 is 2.53 bits per heavy atom. The standard InChI is InChI=1S/C14H14N2O/c1-2-12-8-13(16-10-15-12)9-14(17)11-6-4-3-5-7-11/h3-8,10H,2,9H2,1H3. The van der Waals surface area contributed by atoms with Gasteiger partial charge >= 0.3 is 0 Å². The summed E-state index contributed by atoms with van der Waals surface area (Å²) in [5, 5.41) is 0. The lowest BCUT2D eigenvalue weighted by Gasteiger charge is -2.02. The Bertz CT molecular complexity index is 509. The van der Waals surface area contributed by atoms with Gasteiger partial charge in [-0.3, -0.25) is 4.79 Å². The van der Waals surface area contributed by atoms with E-state index in [4.69, 9.17) is 0 Å². The first-order chi connectivity index (χ1) is 8.29. The zero-order valence-corrected chi connectivity index (χ0v) is 9.76. The largest absolute Gasteiger partial charge is 0.294 e. The van der Waals surface area contributed by atoms with Gasteiger partial charge in [0.25, 0.3) is 0 Å². The molecule has 0 fully saturated rings. The Hall–Kier alpha value is -2.03. The number of aryl methyl sites for hydroxylation is 1. The zero-order chi connectivity index (χ0) is 12.1. The van der Waals surface area contributed by atoms with E-state index in [0.717, 1.165) is 23.4 Å². The van der Waals surface area contributed by atoms with Crippen molar-refractivity contribution in [2.45, 2.75) is 19.8 Å². The molecule has 2 aromatic rings. The van der Waals surface area contributed by atoms with Crippen LogP contribution in [0.5, 0.6) is 0 Å². The fourth-order valence-corrected chi connectivity index (χ4v) is 1.62. The molecule has 17 heavy (non-hydrogen) atoms. The molecule has 1 heterocycles. The second kappa shape index (κ2) is 5.34. The van der Waals surface area contributed by atoms with Gasteiger partial charge in [0.2, 0.25) is 0 Å². The van der Waals surface area contributed by atoms with Crippen LogP contribution in [-0.2, 0) is 12.8 Å². The number of hydrogen-bond donors (Lipinski definition) is 0. The van der Waals surface area contributed by atoms with Crippen LogP contribution in [0, 0.1) is 0 Å².